The van der Waals surface area contributed by atoms with E-state index in [-0.39, 0.29) is 0 Å². The molecule has 0 unspecified atom stereocenters. The van der Waals surface area contributed by atoms with Crippen LogP contribution in [0.4, 0.5) is 0 Å². The Balaban J connectivity index is 1.42. The van der Waals surface area contributed by atoms with Crippen LogP contribution in [0.1, 0.15) is 25.7 Å². The zero-order valence-corrected chi connectivity index (χ0v) is 11.6. The predicted molar refractivity (Wildman–Crippen MR) is 75.7 cm³/mol. The Kier molecular flexibility index (Phi) is 3.92. The van der Waals surface area contributed by atoms with E-state index in [4.69, 9.17) is 9.47 Å². The summed E-state index contributed by atoms with van der Waals surface area (Å²) in [5.41, 5.74) is 0. The molecule has 0 aliphatic heterocycles. The zero-order valence-electron chi connectivity index (χ0n) is 11.6. The molecule has 3 rings (SSSR count). The quantitative estimate of drug-likeness (QED) is 0.730. The van der Waals surface area contributed by atoms with Crippen molar-refractivity contribution < 1.29 is 9.47 Å². The molecular formula is C16H23NO2. The average molecular weight is 261 g/mol. The topological polar surface area (TPSA) is 30.5 Å². The maximum Gasteiger partial charge on any atom is 0.161 e. The van der Waals surface area contributed by atoms with Gasteiger partial charge in [-0.05, 0) is 49.7 Å². The van der Waals surface area contributed by atoms with E-state index >= 15 is 0 Å². The smallest absolute Gasteiger partial charge is 0.161 e. The molecule has 0 amide bonds. The average Bonchev–Trinajstić information content (AvgIpc) is 3.31. The van der Waals surface area contributed by atoms with Crippen LogP contribution in [0.5, 0.6) is 11.5 Å². The van der Waals surface area contributed by atoms with Gasteiger partial charge in [-0.1, -0.05) is 12.1 Å². The van der Waals surface area contributed by atoms with Gasteiger partial charge < -0.3 is 14.8 Å². The first-order valence-corrected chi connectivity index (χ1v) is 7.37. The van der Waals surface area contributed by atoms with Crippen molar-refractivity contribution in [3.05, 3.63) is 24.3 Å². The van der Waals surface area contributed by atoms with Crippen LogP contribution in [0.2, 0.25) is 0 Å². The summed E-state index contributed by atoms with van der Waals surface area (Å²) in [6.45, 7) is 1.63. The van der Waals surface area contributed by atoms with Gasteiger partial charge in [-0.15, -0.1) is 0 Å². The van der Waals surface area contributed by atoms with E-state index < -0.39 is 0 Å². The van der Waals surface area contributed by atoms with Gasteiger partial charge in [0.05, 0.1) is 7.11 Å². The minimum atomic E-state index is 0.705. The summed E-state index contributed by atoms with van der Waals surface area (Å²) in [5.74, 6) is 3.53. The van der Waals surface area contributed by atoms with Gasteiger partial charge in [0, 0.05) is 12.6 Å². The molecule has 0 saturated heterocycles. The number of methoxy groups -OCH3 is 1. The summed E-state index contributed by atoms with van der Waals surface area (Å²) >= 11 is 0. The standard InChI is InChI=1S/C16H23NO2/c1-18-14-4-2-3-5-15(14)19-11-10-17-16(12-6-7-12)13-8-9-13/h2-5,12-13,16-17H,6-11H2,1H3. The van der Waals surface area contributed by atoms with Gasteiger partial charge in [0.25, 0.3) is 0 Å². The van der Waals surface area contributed by atoms with Crippen LogP contribution in [0.15, 0.2) is 24.3 Å². The van der Waals surface area contributed by atoms with Crippen molar-refractivity contribution in [1.29, 1.82) is 0 Å². The summed E-state index contributed by atoms with van der Waals surface area (Å²) < 4.78 is 11.1. The molecule has 0 spiro atoms. The molecule has 2 aliphatic carbocycles. The number of rotatable bonds is 8. The Bertz CT molecular complexity index is 401. The number of hydrogen-bond donors (Lipinski definition) is 1. The monoisotopic (exact) mass is 261 g/mol. The van der Waals surface area contributed by atoms with Gasteiger partial charge in [0.1, 0.15) is 6.61 Å². The minimum absolute atomic E-state index is 0.705. The van der Waals surface area contributed by atoms with Gasteiger partial charge in [0.15, 0.2) is 11.5 Å². The number of benzene rings is 1. The van der Waals surface area contributed by atoms with Crippen molar-refractivity contribution in [3.8, 4) is 11.5 Å². The second kappa shape index (κ2) is 5.83. The van der Waals surface area contributed by atoms with Gasteiger partial charge >= 0.3 is 0 Å². The lowest BCUT2D eigenvalue weighted by Crippen LogP contribution is -2.36. The number of hydrogen-bond acceptors (Lipinski definition) is 3. The molecular weight excluding hydrogens is 238 g/mol. The fourth-order valence-corrected chi connectivity index (χ4v) is 2.75. The second-order valence-electron chi connectivity index (χ2n) is 5.65. The molecule has 1 aromatic rings. The molecule has 104 valence electrons. The highest BCUT2D eigenvalue weighted by Gasteiger charge is 2.40. The van der Waals surface area contributed by atoms with Crippen molar-refractivity contribution in [1.82, 2.24) is 5.32 Å². The molecule has 2 aliphatic rings. The van der Waals surface area contributed by atoms with Crippen LogP contribution >= 0.6 is 0 Å². The number of ether oxygens (including phenoxy) is 2. The third-order valence-electron chi connectivity index (χ3n) is 4.07. The van der Waals surface area contributed by atoms with Crippen LogP contribution in [-0.2, 0) is 0 Å². The van der Waals surface area contributed by atoms with Gasteiger partial charge in [-0.3, -0.25) is 0 Å². The van der Waals surface area contributed by atoms with Crippen LogP contribution in [0.25, 0.3) is 0 Å². The van der Waals surface area contributed by atoms with Crippen LogP contribution in [0.3, 0.4) is 0 Å². The Hall–Kier alpha value is -1.22. The summed E-state index contributed by atoms with van der Waals surface area (Å²) in [7, 11) is 1.68. The van der Waals surface area contributed by atoms with E-state index in [1.165, 1.54) is 25.7 Å². The number of para-hydroxylation sites is 2. The molecule has 0 radical (unpaired) electrons. The van der Waals surface area contributed by atoms with Crippen molar-refractivity contribution in [2.45, 2.75) is 31.7 Å². The Morgan fingerprint density at radius 1 is 1.11 bits per heavy atom. The largest absolute Gasteiger partial charge is 0.493 e. The fourth-order valence-electron chi connectivity index (χ4n) is 2.75. The summed E-state index contributed by atoms with van der Waals surface area (Å²) in [4.78, 5) is 0. The van der Waals surface area contributed by atoms with Gasteiger partial charge in [-0.25, -0.2) is 0 Å². The first-order valence-electron chi connectivity index (χ1n) is 7.37. The SMILES string of the molecule is COc1ccccc1OCCNC(C1CC1)C1CC1. The predicted octanol–water partition coefficient (Wildman–Crippen LogP) is 2.85. The van der Waals surface area contributed by atoms with Crippen molar-refractivity contribution in [2.24, 2.45) is 11.8 Å². The summed E-state index contributed by atoms with van der Waals surface area (Å²) in [6.07, 6.45) is 5.67. The molecule has 19 heavy (non-hydrogen) atoms. The Morgan fingerprint density at radius 2 is 1.74 bits per heavy atom. The maximum absolute atomic E-state index is 5.79. The molecule has 3 heteroatoms. The zero-order chi connectivity index (χ0) is 13.1. The fraction of sp³-hybridized carbons (Fsp3) is 0.625. The van der Waals surface area contributed by atoms with Crippen LogP contribution < -0.4 is 14.8 Å². The van der Waals surface area contributed by atoms with E-state index in [2.05, 4.69) is 5.32 Å². The van der Waals surface area contributed by atoms with Crippen LogP contribution in [0, 0.1) is 11.8 Å². The Labute approximate surface area is 115 Å². The lowest BCUT2D eigenvalue weighted by molar-refractivity contribution is 0.278. The van der Waals surface area contributed by atoms with Crippen molar-refractivity contribution in [2.75, 3.05) is 20.3 Å². The number of nitrogens with one attached hydrogen (secondary N) is 1. The molecule has 3 nitrogen and oxygen atoms in total. The Morgan fingerprint density at radius 3 is 2.32 bits per heavy atom. The third-order valence-corrected chi connectivity index (χ3v) is 4.07. The normalized spacial score (nSPS) is 18.6. The molecule has 0 bridgehead atoms. The maximum atomic E-state index is 5.79. The first kappa shape index (κ1) is 12.8. The van der Waals surface area contributed by atoms with E-state index in [9.17, 15) is 0 Å². The second-order valence-corrected chi connectivity index (χ2v) is 5.65. The molecule has 0 aromatic heterocycles. The first-order chi connectivity index (χ1) is 9.38. The van der Waals surface area contributed by atoms with Crippen molar-refractivity contribution >= 4 is 0 Å². The highest BCUT2D eigenvalue weighted by Crippen LogP contribution is 2.44. The van der Waals surface area contributed by atoms with Gasteiger partial charge in [-0.2, -0.15) is 0 Å². The van der Waals surface area contributed by atoms with E-state index in [0.29, 0.717) is 6.61 Å². The highest BCUT2D eigenvalue weighted by molar-refractivity contribution is 5.39. The lowest BCUT2D eigenvalue weighted by atomic mass is 10.1. The van der Waals surface area contributed by atoms with Crippen molar-refractivity contribution in [3.63, 3.8) is 0 Å². The van der Waals surface area contributed by atoms with E-state index in [0.717, 1.165) is 35.9 Å². The summed E-state index contributed by atoms with van der Waals surface area (Å²) in [6, 6.07) is 8.57. The van der Waals surface area contributed by atoms with Gasteiger partial charge in [0.2, 0.25) is 0 Å². The molecule has 0 atom stereocenters. The van der Waals surface area contributed by atoms with Crippen LogP contribution in [-0.4, -0.2) is 26.3 Å². The molecule has 1 N–H and O–H groups in total. The van der Waals surface area contributed by atoms with E-state index in [1.54, 1.807) is 7.11 Å². The lowest BCUT2D eigenvalue weighted by Gasteiger charge is -2.18. The highest BCUT2D eigenvalue weighted by atomic mass is 16.5. The third kappa shape index (κ3) is 3.41. The molecule has 1 aromatic carbocycles. The molecule has 2 saturated carbocycles. The van der Waals surface area contributed by atoms with E-state index in [1.807, 2.05) is 24.3 Å². The molecule has 2 fully saturated rings. The summed E-state index contributed by atoms with van der Waals surface area (Å²) in [5, 5.41) is 3.69. The molecule has 0 heterocycles. The minimum Gasteiger partial charge on any atom is -0.493 e.